The lowest BCUT2D eigenvalue weighted by Crippen LogP contribution is -2.06. The maximum Gasteiger partial charge on any atom is 0.221 e. The monoisotopic (exact) mass is 333 g/mol. The molecule has 0 radical (unpaired) electrons. The van der Waals surface area contributed by atoms with Gasteiger partial charge in [-0.25, -0.2) is 4.98 Å². The minimum absolute atomic E-state index is 0.113. The molecule has 3 aromatic heterocycles. The van der Waals surface area contributed by atoms with Crippen molar-refractivity contribution in [3.63, 3.8) is 0 Å². The molecule has 0 aliphatic rings. The Balaban J connectivity index is 1.71. The molecule has 0 saturated carbocycles. The van der Waals surface area contributed by atoms with Gasteiger partial charge in [0.25, 0.3) is 0 Å². The van der Waals surface area contributed by atoms with E-state index < -0.39 is 0 Å². The highest BCUT2D eigenvalue weighted by Crippen LogP contribution is 2.28. The molecule has 4 aromatic rings. The SMILES string of the molecule is CC(=O)Nc1cccc(-n2ccnc2-c2ccc(-c3ccn[nH]3)o2)c1. The highest BCUT2D eigenvalue weighted by molar-refractivity contribution is 5.89. The van der Waals surface area contributed by atoms with Gasteiger partial charge in [0.1, 0.15) is 5.69 Å². The number of carbonyl (C=O) groups excluding carboxylic acids is 1. The number of H-pyrrole nitrogens is 1. The number of hydrogen-bond acceptors (Lipinski definition) is 4. The van der Waals surface area contributed by atoms with Gasteiger partial charge in [0.2, 0.25) is 5.91 Å². The highest BCUT2D eigenvalue weighted by Gasteiger charge is 2.14. The van der Waals surface area contributed by atoms with Crippen LogP contribution in [0.15, 0.2) is 65.5 Å². The first-order chi connectivity index (χ1) is 12.2. The number of benzene rings is 1. The quantitative estimate of drug-likeness (QED) is 0.598. The van der Waals surface area contributed by atoms with Gasteiger partial charge >= 0.3 is 0 Å². The lowest BCUT2D eigenvalue weighted by atomic mass is 10.2. The van der Waals surface area contributed by atoms with Crippen LogP contribution in [-0.4, -0.2) is 25.7 Å². The molecule has 0 atom stereocenters. The topological polar surface area (TPSA) is 88.7 Å². The van der Waals surface area contributed by atoms with Gasteiger partial charge in [0.05, 0.1) is 0 Å². The fourth-order valence-corrected chi connectivity index (χ4v) is 2.63. The van der Waals surface area contributed by atoms with Gasteiger partial charge in [-0.15, -0.1) is 0 Å². The van der Waals surface area contributed by atoms with Crippen LogP contribution >= 0.6 is 0 Å². The van der Waals surface area contributed by atoms with E-state index in [2.05, 4.69) is 20.5 Å². The molecule has 25 heavy (non-hydrogen) atoms. The van der Waals surface area contributed by atoms with E-state index in [-0.39, 0.29) is 5.91 Å². The van der Waals surface area contributed by atoms with E-state index >= 15 is 0 Å². The van der Waals surface area contributed by atoms with Crippen molar-refractivity contribution in [2.24, 2.45) is 0 Å². The fraction of sp³-hybridized carbons (Fsp3) is 0.0556. The zero-order chi connectivity index (χ0) is 17.2. The molecular weight excluding hydrogens is 318 g/mol. The molecule has 0 spiro atoms. The third kappa shape index (κ3) is 2.94. The van der Waals surface area contributed by atoms with E-state index in [1.165, 1.54) is 6.92 Å². The van der Waals surface area contributed by atoms with Crippen molar-refractivity contribution < 1.29 is 9.21 Å². The standard InChI is InChI=1S/C18H15N5O2/c1-12(24)21-13-3-2-4-14(11-13)23-10-9-19-18(23)17-6-5-16(25-17)15-7-8-20-22-15/h2-11H,1H3,(H,20,22)(H,21,24). The summed E-state index contributed by atoms with van der Waals surface area (Å²) in [4.78, 5) is 15.7. The van der Waals surface area contributed by atoms with E-state index in [0.717, 1.165) is 17.1 Å². The molecule has 1 aromatic carbocycles. The first-order valence-electron chi connectivity index (χ1n) is 7.72. The molecule has 0 saturated heterocycles. The lowest BCUT2D eigenvalue weighted by Gasteiger charge is -2.09. The Bertz CT molecular complexity index is 1010. The zero-order valence-electron chi connectivity index (χ0n) is 13.4. The number of nitrogens with zero attached hydrogens (tertiary/aromatic N) is 3. The molecule has 0 unspecified atom stereocenters. The van der Waals surface area contributed by atoms with Gasteiger partial charge in [-0.2, -0.15) is 5.10 Å². The van der Waals surface area contributed by atoms with E-state index in [4.69, 9.17) is 4.42 Å². The Morgan fingerprint density at radius 3 is 2.84 bits per heavy atom. The van der Waals surface area contributed by atoms with Crippen molar-refractivity contribution >= 4 is 11.6 Å². The van der Waals surface area contributed by atoms with E-state index in [1.54, 1.807) is 12.4 Å². The summed E-state index contributed by atoms with van der Waals surface area (Å²) in [6.07, 6.45) is 5.23. The van der Waals surface area contributed by atoms with Crippen molar-refractivity contribution in [1.29, 1.82) is 0 Å². The summed E-state index contributed by atoms with van der Waals surface area (Å²) in [6, 6.07) is 13.1. The Labute approximate surface area is 143 Å². The Morgan fingerprint density at radius 1 is 1.16 bits per heavy atom. The molecule has 0 bridgehead atoms. The summed E-state index contributed by atoms with van der Waals surface area (Å²) in [6.45, 7) is 1.48. The summed E-state index contributed by atoms with van der Waals surface area (Å²) in [7, 11) is 0. The Kier molecular flexibility index (Phi) is 3.66. The summed E-state index contributed by atoms with van der Waals surface area (Å²) in [5.74, 6) is 1.89. The number of carbonyl (C=O) groups is 1. The van der Waals surface area contributed by atoms with Crippen LogP contribution < -0.4 is 5.32 Å². The van der Waals surface area contributed by atoms with Crippen molar-refractivity contribution in [3.8, 4) is 28.7 Å². The number of furan rings is 1. The number of hydrogen-bond donors (Lipinski definition) is 2. The normalized spacial score (nSPS) is 10.8. The fourth-order valence-electron chi connectivity index (χ4n) is 2.63. The average molecular weight is 333 g/mol. The smallest absolute Gasteiger partial charge is 0.221 e. The molecule has 0 fully saturated rings. The van der Waals surface area contributed by atoms with Gasteiger partial charge in [0.15, 0.2) is 17.3 Å². The van der Waals surface area contributed by atoms with Gasteiger partial charge in [-0.3, -0.25) is 14.5 Å². The van der Waals surface area contributed by atoms with E-state index in [0.29, 0.717) is 17.3 Å². The Hall–Kier alpha value is -3.61. The third-order valence-electron chi connectivity index (χ3n) is 3.68. The highest BCUT2D eigenvalue weighted by atomic mass is 16.3. The van der Waals surface area contributed by atoms with Crippen molar-refractivity contribution in [3.05, 3.63) is 61.1 Å². The molecule has 124 valence electrons. The summed E-state index contributed by atoms with van der Waals surface area (Å²) in [5, 5.41) is 9.58. The largest absolute Gasteiger partial charge is 0.451 e. The van der Waals surface area contributed by atoms with Crippen molar-refractivity contribution in [1.82, 2.24) is 19.7 Å². The molecule has 3 heterocycles. The molecule has 0 aliphatic carbocycles. The number of imidazole rings is 1. The second-order valence-corrected chi connectivity index (χ2v) is 5.49. The van der Waals surface area contributed by atoms with Crippen LogP contribution in [0.5, 0.6) is 0 Å². The predicted octanol–water partition coefficient (Wildman–Crippen LogP) is 3.48. The van der Waals surface area contributed by atoms with Crippen LogP contribution in [0.2, 0.25) is 0 Å². The van der Waals surface area contributed by atoms with Crippen LogP contribution in [-0.2, 0) is 4.79 Å². The third-order valence-corrected chi connectivity index (χ3v) is 3.68. The molecule has 7 heteroatoms. The van der Waals surface area contributed by atoms with Crippen molar-refractivity contribution in [2.45, 2.75) is 6.92 Å². The second kappa shape index (κ2) is 6.12. The van der Waals surface area contributed by atoms with Gasteiger partial charge < -0.3 is 9.73 Å². The van der Waals surface area contributed by atoms with Crippen LogP contribution in [0.25, 0.3) is 28.7 Å². The number of nitrogens with one attached hydrogen (secondary N) is 2. The number of aromatic nitrogens is 4. The number of aromatic amines is 1. The zero-order valence-corrected chi connectivity index (χ0v) is 13.4. The molecule has 1 amide bonds. The van der Waals surface area contributed by atoms with Gasteiger partial charge in [0, 0.05) is 36.9 Å². The van der Waals surface area contributed by atoms with Gasteiger partial charge in [-0.05, 0) is 36.4 Å². The summed E-state index contributed by atoms with van der Waals surface area (Å²) in [5.41, 5.74) is 2.40. The predicted molar refractivity (Wildman–Crippen MR) is 93.2 cm³/mol. The maximum atomic E-state index is 11.3. The average Bonchev–Trinajstić information content (AvgIpc) is 3.34. The number of rotatable bonds is 4. The molecular formula is C18H15N5O2. The first-order valence-corrected chi connectivity index (χ1v) is 7.72. The van der Waals surface area contributed by atoms with Crippen LogP contribution in [0.3, 0.4) is 0 Å². The summed E-state index contributed by atoms with van der Waals surface area (Å²) < 4.78 is 7.81. The minimum Gasteiger partial charge on any atom is -0.451 e. The second-order valence-electron chi connectivity index (χ2n) is 5.49. The molecule has 2 N–H and O–H groups in total. The number of anilines is 1. The number of amides is 1. The molecule has 0 aliphatic heterocycles. The van der Waals surface area contributed by atoms with Gasteiger partial charge in [-0.1, -0.05) is 6.07 Å². The molecule has 4 rings (SSSR count). The van der Waals surface area contributed by atoms with Crippen molar-refractivity contribution in [2.75, 3.05) is 5.32 Å². The maximum absolute atomic E-state index is 11.3. The first kappa shape index (κ1) is 14.9. The Morgan fingerprint density at radius 2 is 2.04 bits per heavy atom. The van der Waals surface area contributed by atoms with E-state index in [9.17, 15) is 4.79 Å². The van der Waals surface area contributed by atoms with Crippen LogP contribution in [0.4, 0.5) is 5.69 Å². The van der Waals surface area contributed by atoms with E-state index in [1.807, 2.05) is 53.2 Å². The molecule has 7 nitrogen and oxygen atoms in total. The minimum atomic E-state index is -0.113. The lowest BCUT2D eigenvalue weighted by molar-refractivity contribution is -0.114. The van der Waals surface area contributed by atoms with Crippen LogP contribution in [0, 0.1) is 0 Å². The van der Waals surface area contributed by atoms with Crippen LogP contribution in [0.1, 0.15) is 6.92 Å². The summed E-state index contributed by atoms with van der Waals surface area (Å²) >= 11 is 0.